The molecule has 1 aliphatic rings. The number of hydrogen-bond acceptors (Lipinski definition) is 4. The number of benzene rings is 1. The molecule has 1 aliphatic heterocycles. The Morgan fingerprint density at radius 2 is 2.09 bits per heavy atom. The van der Waals surface area contributed by atoms with Gasteiger partial charge in [-0.05, 0) is 37.5 Å². The number of likely N-dealkylation sites (tertiary alicyclic amines) is 1. The number of urea groups is 1. The van der Waals surface area contributed by atoms with E-state index in [0.29, 0.717) is 24.2 Å². The summed E-state index contributed by atoms with van der Waals surface area (Å²) in [6.45, 7) is 0.482. The van der Waals surface area contributed by atoms with Gasteiger partial charge < -0.3 is 20.7 Å². The molecule has 0 aliphatic carbocycles. The number of nitrogens with two attached hydrogens (primary N) is 1. The first kappa shape index (κ1) is 15.8. The van der Waals surface area contributed by atoms with E-state index >= 15 is 0 Å². The van der Waals surface area contributed by atoms with Crippen molar-refractivity contribution in [1.82, 2.24) is 4.90 Å². The Morgan fingerprint density at radius 3 is 2.77 bits per heavy atom. The van der Waals surface area contributed by atoms with Crippen molar-refractivity contribution in [3.8, 4) is 0 Å². The van der Waals surface area contributed by atoms with Gasteiger partial charge in [-0.3, -0.25) is 4.79 Å². The maximum Gasteiger partial charge on any atom is 0.337 e. The summed E-state index contributed by atoms with van der Waals surface area (Å²) >= 11 is 0. The van der Waals surface area contributed by atoms with Crippen LogP contribution in [-0.4, -0.2) is 42.5 Å². The molecule has 1 unspecified atom stereocenters. The SMILES string of the molecule is COC(=O)c1cccc(NC(=O)C2CCCCN2C(N)=O)c1. The van der Waals surface area contributed by atoms with Crippen molar-refractivity contribution >= 4 is 23.6 Å². The number of esters is 1. The number of hydrogen-bond donors (Lipinski definition) is 2. The molecule has 2 rings (SSSR count). The van der Waals surface area contributed by atoms with Crippen LogP contribution in [0.1, 0.15) is 29.6 Å². The number of rotatable bonds is 3. The van der Waals surface area contributed by atoms with E-state index in [2.05, 4.69) is 10.1 Å². The summed E-state index contributed by atoms with van der Waals surface area (Å²) in [5.41, 5.74) is 6.13. The van der Waals surface area contributed by atoms with Crippen molar-refractivity contribution in [2.45, 2.75) is 25.3 Å². The quantitative estimate of drug-likeness (QED) is 0.823. The number of ether oxygens (including phenoxy) is 1. The van der Waals surface area contributed by atoms with Gasteiger partial charge in [-0.15, -0.1) is 0 Å². The fraction of sp³-hybridized carbons (Fsp3) is 0.400. The number of methoxy groups -OCH3 is 1. The minimum absolute atomic E-state index is 0.305. The fourth-order valence-electron chi connectivity index (χ4n) is 2.54. The first-order valence-electron chi connectivity index (χ1n) is 7.08. The highest BCUT2D eigenvalue weighted by Gasteiger charge is 2.31. The van der Waals surface area contributed by atoms with E-state index in [4.69, 9.17) is 5.73 Å². The number of anilines is 1. The van der Waals surface area contributed by atoms with Crippen molar-refractivity contribution in [1.29, 1.82) is 0 Å². The van der Waals surface area contributed by atoms with Gasteiger partial charge in [0.1, 0.15) is 6.04 Å². The van der Waals surface area contributed by atoms with Crippen molar-refractivity contribution < 1.29 is 19.1 Å². The van der Waals surface area contributed by atoms with E-state index in [1.54, 1.807) is 18.2 Å². The highest BCUT2D eigenvalue weighted by molar-refractivity contribution is 5.98. The van der Waals surface area contributed by atoms with Crippen LogP contribution in [0.4, 0.5) is 10.5 Å². The first-order chi connectivity index (χ1) is 10.5. The molecule has 1 aromatic rings. The predicted molar refractivity (Wildman–Crippen MR) is 80.3 cm³/mol. The summed E-state index contributed by atoms with van der Waals surface area (Å²) < 4.78 is 4.64. The number of primary amides is 1. The van der Waals surface area contributed by atoms with Crippen molar-refractivity contribution in [3.05, 3.63) is 29.8 Å². The molecule has 1 fully saturated rings. The minimum atomic E-state index is -0.594. The molecule has 0 bridgehead atoms. The first-order valence-corrected chi connectivity index (χ1v) is 7.08. The van der Waals surface area contributed by atoms with Gasteiger partial charge in [-0.25, -0.2) is 9.59 Å². The van der Waals surface area contributed by atoms with Crippen LogP contribution in [0.15, 0.2) is 24.3 Å². The van der Waals surface area contributed by atoms with Gasteiger partial charge in [-0.1, -0.05) is 6.07 Å². The molecule has 1 heterocycles. The van der Waals surface area contributed by atoms with Crippen molar-refractivity contribution in [2.24, 2.45) is 5.73 Å². The maximum absolute atomic E-state index is 12.4. The van der Waals surface area contributed by atoms with E-state index in [9.17, 15) is 14.4 Å². The second-order valence-corrected chi connectivity index (χ2v) is 5.10. The number of nitrogens with zero attached hydrogens (tertiary/aromatic N) is 1. The third kappa shape index (κ3) is 3.55. The lowest BCUT2D eigenvalue weighted by molar-refractivity contribution is -0.121. The van der Waals surface area contributed by atoms with Crippen molar-refractivity contribution in [3.63, 3.8) is 0 Å². The summed E-state index contributed by atoms with van der Waals surface area (Å²) in [6, 6.07) is 5.27. The van der Waals surface area contributed by atoms with E-state index in [1.165, 1.54) is 18.1 Å². The maximum atomic E-state index is 12.4. The molecule has 0 saturated carbocycles. The summed E-state index contributed by atoms with van der Waals surface area (Å²) in [5, 5.41) is 2.72. The number of piperidine rings is 1. The Labute approximate surface area is 128 Å². The zero-order valence-electron chi connectivity index (χ0n) is 12.4. The molecule has 1 saturated heterocycles. The predicted octanol–water partition coefficient (Wildman–Crippen LogP) is 1.34. The Kier molecular flexibility index (Phi) is 4.98. The summed E-state index contributed by atoms with van der Waals surface area (Å²) in [7, 11) is 1.29. The Balaban J connectivity index is 2.10. The lowest BCUT2D eigenvalue weighted by Crippen LogP contribution is -2.51. The average Bonchev–Trinajstić information content (AvgIpc) is 2.54. The van der Waals surface area contributed by atoms with Gasteiger partial charge >= 0.3 is 12.0 Å². The normalized spacial score (nSPS) is 17.7. The molecule has 118 valence electrons. The lowest BCUT2D eigenvalue weighted by atomic mass is 10.0. The monoisotopic (exact) mass is 305 g/mol. The number of amides is 3. The lowest BCUT2D eigenvalue weighted by Gasteiger charge is -2.33. The molecule has 1 atom stereocenters. The zero-order chi connectivity index (χ0) is 16.1. The van der Waals surface area contributed by atoms with Crippen LogP contribution in [0, 0.1) is 0 Å². The van der Waals surface area contributed by atoms with Crippen LogP contribution in [0.3, 0.4) is 0 Å². The van der Waals surface area contributed by atoms with E-state index in [-0.39, 0.29) is 5.91 Å². The Hall–Kier alpha value is -2.57. The molecule has 7 heteroatoms. The van der Waals surface area contributed by atoms with Gasteiger partial charge in [0, 0.05) is 12.2 Å². The van der Waals surface area contributed by atoms with Gasteiger partial charge in [-0.2, -0.15) is 0 Å². The molecule has 22 heavy (non-hydrogen) atoms. The summed E-state index contributed by atoms with van der Waals surface area (Å²) in [6.07, 6.45) is 2.28. The number of carbonyl (C=O) groups excluding carboxylic acids is 3. The highest BCUT2D eigenvalue weighted by atomic mass is 16.5. The highest BCUT2D eigenvalue weighted by Crippen LogP contribution is 2.19. The van der Waals surface area contributed by atoms with Crippen molar-refractivity contribution in [2.75, 3.05) is 19.0 Å². The third-order valence-corrected chi connectivity index (χ3v) is 3.64. The number of nitrogens with one attached hydrogen (secondary N) is 1. The van der Waals surface area contributed by atoms with E-state index in [0.717, 1.165) is 12.8 Å². The standard InChI is InChI=1S/C15H19N3O4/c1-22-14(20)10-5-4-6-11(9-10)17-13(19)12-7-2-3-8-18(12)15(16)21/h4-6,9,12H,2-3,7-8H2,1H3,(H2,16,21)(H,17,19). The molecular weight excluding hydrogens is 286 g/mol. The number of carbonyl (C=O) groups is 3. The molecule has 7 nitrogen and oxygen atoms in total. The van der Waals surface area contributed by atoms with Gasteiger partial charge in [0.05, 0.1) is 12.7 Å². The summed E-state index contributed by atoms with van der Waals surface area (Å²) in [4.78, 5) is 36.6. The Morgan fingerprint density at radius 1 is 1.32 bits per heavy atom. The largest absolute Gasteiger partial charge is 0.465 e. The van der Waals surface area contributed by atoms with Gasteiger partial charge in [0.25, 0.3) is 0 Å². The fourth-order valence-corrected chi connectivity index (χ4v) is 2.54. The molecular formula is C15H19N3O4. The smallest absolute Gasteiger partial charge is 0.337 e. The topological polar surface area (TPSA) is 102 Å². The second-order valence-electron chi connectivity index (χ2n) is 5.10. The Bertz CT molecular complexity index is 588. The van der Waals surface area contributed by atoms with Crippen LogP contribution in [-0.2, 0) is 9.53 Å². The molecule has 3 amide bonds. The average molecular weight is 305 g/mol. The molecule has 0 radical (unpaired) electrons. The van der Waals surface area contributed by atoms with Crippen LogP contribution in [0.25, 0.3) is 0 Å². The van der Waals surface area contributed by atoms with Crippen LogP contribution >= 0.6 is 0 Å². The minimum Gasteiger partial charge on any atom is -0.465 e. The van der Waals surface area contributed by atoms with Gasteiger partial charge in [0.15, 0.2) is 0 Å². The van der Waals surface area contributed by atoms with Gasteiger partial charge in [0.2, 0.25) is 5.91 Å². The molecule has 1 aromatic carbocycles. The summed E-state index contributed by atoms with van der Waals surface area (Å²) in [5.74, 6) is -0.784. The third-order valence-electron chi connectivity index (χ3n) is 3.64. The van der Waals surface area contributed by atoms with E-state index < -0.39 is 18.0 Å². The second kappa shape index (κ2) is 6.93. The molecule has 0 aromatic heterocycles. The van der Waals surface area contributed by atoms with Crippen LogP contribution in [0.5, 0.6) is 0 Å². The zero-order valence-corrected chi connectivity index (χ0v) is 12.4. The van der Waals surface area contributed by atoms with E-state index in [1.807, 2.05) is 0 Å². The van der Waals surface area contributed by atoms with Crippen LogP contribution in [0.2, 0.25) is 0 Å². The molecule has 0 spiro atoms. The van der Waals surface area contributed by atoms with Crippen LogP contribution < -0.4 is 11.1 Å². The molecule has 3 N–H and O–H groups in total.